The Hall–Kier alpha value is -1.54. The van der Waals surface area contributed by atoms with Crippen molar-refractivity contribution in [3.63, 3.8) is 0 Å². The van der Waals surface area contributed by atoms with Crippen LogP contribution in [0, 0.1) is 0 Å². The van der Waals surface area contributed by atoms with Gasteiger partial charge < -0.3 is 29.3 Å². The highest BCUT2D eigenvalue weighted by Crippen LogP contribution is 2.23. The van der Waals surface area contributed by atoms with Crippen molar-refractivity contribution in [1.29, 1.82) is 0 Å². The molecule has 0 aromatic carbocycles. The standard InChI is InChI=1S/C23H43N3O5/c1-16(14-18-15-29-13-12-26(18)21(28)31-23(6,7)8)24-19-10-9-11-25(17(19)2)20(27)30-22(3,4)5/h16-19,24H,9-15H2,1-8H3. The number of ether oxygens (including phenoxy) is 3. The zero-order valence-electron chi connectivity index (χ0n) is 20.7. The summed E-state index contributed by atoms with van der Waals surface area (Å²) >= 11 is 0. The van der Waals surface area contributed by atoms with Gasteiger partial charge in [0.25, 0.3) is 0 Å². The minimum absolute atomic E-state index is 0.0352. The van der Waals surface area contributed by atoms with Crippen LogP contribution in [0.15, 0.2) is 0 Å². The van der Waals surface area contributed by atoms with E-state index in [1.807, 2.05) is 46.4 Å². The summed E-state index contributed by atoms with van der Waals surface area (Å²) in [7, 11) is 0. The lowest BCUT2D eigenvalue weighted by Crippen LogP contribution is -2.58. The number of morpholine rings is 1. The Bertz CT molecular complexity index is 613. The Morgan fingerprint density at radius 1 is 1.03 bits per heavy atom. The van der Waals surface area contributed by atoms with Crippen LogP contribution in [0.2, 0.25) is 0 Å². The van der Waals surface area contributed by atoms with Crippen molar-refractivity contribution in [3.8, 4) is 0 Å². The maximum absolute atomic E-state index is 12.6. The quantitative estimate of drug-likeness (QED) is 0.715. The predicted octanol–water partition coefficient (Wildman–Crippen LogP) is 3.78. The molecule has 4 unspecified atom stereocenters. The van der Waals surface area contributed by atoms with Gasteiger partial charge in [-0.05, 0) is 74.7 Å². The summed E-state index contributed by atoms with van der Waals surface area (Å²) in [5.41, 5.74) is -1.02. The molecule has 2 aliphatic heterocycles. The Balaban J connectivity index is 1.94. The lowest BCUT2D eigenvalue weighted by Gasteiger charge is -2.42. The fourth-order valence-corrected chi connectivity index (χ4v) is 4.20. The molecule has 0 saturated carbocycles. The Morgan fingerprint density at radius 3 is 2.19 bits per heavy atom. The molecule has 1 N–H and O–H groups in total. The second kappa shape index (κ2) is 10.4. The largest absolute Gasteiger partial charge is 0.444 e. The number of amides is 2. The number of carbonyl (C=O) groups excluding carboxylic acids is 2. The molecular formula is C23H43N3O5. The zero-order chi connectivity index (χ0) is 23.4. The predicted molar refractivity (Wildman–Crippen MR) is 120 cm³/mol. The van der Waals surface area contributed by atoms with Gasteiger partial charge in [0.1, 0.15) is 11.2 Å². The molecule has 2 fully saturated rings. The summed E-state index contributed by atoms with van der Waals surface area (Å²) < 4.78 is 16.8. The summed E-state index contributed by atoms with van der Waals surface area (Å²) in [6, 6.07) is 0.334. The van der Waals surface area contributed by atoms with Gasteiger partial charge in [-0.1, -0.05) is 0 Å². The van der Waals surface area contributed by atoms with E-state index < -0.39 is 11.2 Å². The number of hydrogen-bond acceptors (Lipinski definition) is 6. The van der Waals surface area contributed by atoms with Gasteiger partial charge in [0.05, 0.1) is 19.3 Å². The Labute approximate surface area is 187 Å². The number of likely N-dealkylation sites (tertiary alicyclic amines) is 1. The maximum Gasteiger partial charge on any atom is 0.410 e. The van der Waals surface area contributed by atoms with Crippen LogP contribution in [0.1, 0.15) is 74.7 Å². The van der Waals surface area contributed by atoms with Gasteiger partial charge >= 0.3 is 12.2 Å². The van der Waals surface area contributed by atoms with Crippen LogP contribution in [0.3, 0.4) is 0 Å². The van der Waals surface area contributed by atoms with Gasteiger partial charge in [-0.2, -0.15) is 0 Å². The summed E-state index contributed by atoms with van der Waals surface area (Å²) in [6.07, 6.45) is 2.16. The van der Waals surface area contributed by atoms with Gasteiger partial charge in [-0.25, -0.2) is 9.59 Å². The normalized spacial score (nSPS) is 26.4. The molecule has 0 aromatic rings. The maximum atomic E-state index is 12.6. The van der Waals surface area contributed by atoms with Crippen LogP contribution in [-0.2, 0) is 14.2 Å². The van der Waals surface area contributed by atoms with Gasteiger partial charge in [0, 0.05) is 31.2 Å². The zero-order valence-corrected chi connectivity index (χ0v) is 20.7. The molecule has 4 atom stereocenters. The van der Waals surface area contributed by atoms with Crippen molar-refractivity contribution in [2.24, 2.45) is 0 Å². The first-order chi connectivity index (χ1) is 14.3. The third kappa shape index (κ3) is 8.15. The number of piperidine rings is 1. The fourth-order valence-electron chi connectivity index (χ4n) is 4.20. The SMILES string of the molecule is CC(CC1COCCN1C(=O)OC(C)(C)C)NC1CCCN(C(=O)OC(C)(C)C)C1C. The summed E-state index contributed by atoms with van der Waals surface area (Å²) in [6.45, 7) is 17.8. The summed E-state index contributed by atoms with van der Waals surface area (Å²) in [5.74, 6) is 0. The molecule has 0 aliphatic carbocycles. The van der Waals surface area contributed by atoms with Crippen LogP contribution in [0.4, 0.5) is 9.59 Å². The highest BCUT2D eigenvalue weighted by molar-refractivity contribution is 5.69. The third-order valence-electron chi connectivity index (χ3n) is 5.60. The molecule has 2 rings (SSSR count). The first-order valence-corrected chi connectivity index (χ1v) is 11.6. The monoisotopic (exact) mass is 441 g/mol. The molecule has 2 heterocycles. The van der Waals surface area contributed by atoms with E-state index in [0.717, 1.165) is 19.3 Å². The summed E-state index contributed by atoms with van der Waals surface area (Å²) in [5, 5.41) is 3.69. The van der Waals surface area contributed by atoms with Crippen molar-refractivity contribution < 1.29 is 23.8 Å². The number of nitrogens with zero attached hydrogens (tertiary/aromatic N) is 2. The molecule has 8 heteroatoms. The molecule has 0 bridgehead atoms. The van der Waals surface area contributed by atoms with Crippen LogP contribution in [-0.4, -0.2) is 83.7 Å². The van der Waals surface area contributed by atoms with Gasteiger partial charge in [-0.3, -0.25) is 0 Å². The van der Waals surface area contributed by atoms with Crippen molar-refractivity contribution >= 4 is 12.2 Å². The van der Waals surface area contributed by atoms with E-state index >= 15 is 0 Å². The molecule has 2 aliphatic rings. The molecule has 0 aromatic heterocycles. The summed E-state index contributed by atoms with van der Waals surface area (Å²) in [4.78, 5) is 28.9. The average molecular weight is 442 g/mol. The number of carbonyl (C=O) groups is 2. The van der Waals surface area contributed by atoms with Crippen molar-refractivity contribution in [2.45, 2.75) is 110 Å². The second-order valence-electron chi connectivity index (χ2n) is 10.9. The van der Waals surface area contributed by atoms with E-state index in [4.69, 9.17) is 14.2 Å². The molecule has 0 spiro atoms. The van der Waals surface area contributed by atoms with Crippen molar-refractivity contribution in [1.82, 2.24) is 15.1 Å². The molecule has 180 valence electrons. The second-order valence-corrected chi connectivity index (χ2v) is 10.9. The molecule has 0 radical (unpaired) electrons. The minimum atomic E-state index is -0.521. The fraction of sp³-hybridized carbons (Fsp3) is 0.913. The smallest absolute Gasteiger partial charge is 0.410 e. The highest BCUT2D eigenvalue weighted by Gasteiger charge is 2.36. The van der Waals surface area contributed by atoms with Crippen LogP contribution in [0.25, 0.3) is 0 Å². The van der Waals surface area contributed by atoms with E-state index in [1.54, 1.807) is 4.90 Å². The third-order valence-corrected chi connectivity index (χ3v) is 5.60. The molecular weight excluding hydrogens is 398 g/mol. The highest BCUT2D eigenvalue weighted by atomic mass is 16.6. The average Bonchev–Trinajstić information content (AvgIpc) is 2.61. The topological polar surface area (TPSA) is 80.3 Å². The number of rotatable bonds is 4. The number of hydrogen-bond donors (Lipinski definition) is 1. The van der Waals surface area contributed by atoms with E-state index in [9.17, 15) is 9.59 Å². The van der Waals surface area contributed by atoms with Crippen LogP contribution in [0.5, 0.6) is 0 Å². The first kappa shape index (κ1) is 25.7. The molecule has 2 saturated heterocycles. The van der Waals surface area contributed by atoms with E-state index in [-0.39, 0.29) is 36.4 Å². The molecule has 2 amide bonds. The van der Waals surface area contributed by atoms with E-state index in [1.165, 1.54) is 0 Å². The number of nitrogens with one attached hydrogen (secondary N) is 1. The van der Waals surface area contributed by atoms with E-state index in [2.05, 4.69) is 19.2 Å². The van der Waals surface area contributed by atoms with Crippen LogP contribution < -0.4 is 5.32 Å². The first-order valence-electron chi connectivity index (χ1n) is 11.6. The van der Waals surface area contributed by atoms with Gasteiger partial charge in [0.15, 0.2) is 0 Å². The van der Waals surface area contributed by atoms with Crippen molar-refractivity contribution in [2.75, 3.05) is 26.3 Å². The van der Waals surface area contributed by atoms with E-state index in [0.29, 0.717) is 26.3 Å². The lowest BCUT2D eigenvalue weighted by atomic mass is 9.96. The lowest BCUT2D eigenvalue weighted by molar-refractivity contribution is -0.0364. The molecule has 31 heavy (non-hydrogen) atoms. The van der Waals surface area contributed by atoms with Gasteiger partial charge in [0.2, 0.25) is 0 Å². The van der Waals surface area contributed by atoms with Gasteiger partial charge in [-0.15, -0.1) is 0 Å². The van der Waals surface area contributed by atoms with Crippen LogP contribution >= 0.6 is 0 Å². The molecule has 8 nitrogen and oxygen atoms in total. The Morgan fingerprint density at radius 2 is 1.61 bits per heavy atom. The Kier molecular flexibility index (Phi) is 8.62. The minimum Gasteiger partial charge on any atom is -0.444 e. The van der Waals surface area contributed by atoms with Crippen molar-refractivity contribution in [3.05, 3.63) is 0 Å².